The summed E-state index contributed by atoms with van der Waals surface area (Å²) in [4.78, 5) is 12.4. The molecule has 3 aromatic rings. The van der Waals surface area contributed by atoms with Crippen LogP contribution in [0.1, 0.15) is 32.6 Å². The van der Waals surface area contributed by atoms with E-state index in [9.17, 15) is 9.90 Å². The summed E-state index contributed by atoms with van der Waals surface area (Å²) in [6.07, 6.45) is 0. The van der Waals surface area contributed by atoms with Crippen LogP contribution in [-0.2, 0) is 4.74 Å². The summed E-state index contributed by atoms with van der Waals surface area (Å²) in [5, 5.41) is 12.4. The summed E-state index contributed by atoms with van der Waals surface area (Å²) in [6, 6.07) is 11.3. The molecule has 0 aliphatic rings. The molecule has 0 atom stereocenters. The average molecular weight is 334 g/mol. The summed E-state index contributed by atoms with van der Waals surface area (Å²) in [6.45, 7) is 8.19. The van der Waals surface area contributed by atoms with Gasteiger partial charge in [-0.2, -0.15) is 0 Å². The summed E-state index contributed by atoms with van der Waals surface area (Å²) in [5.74, 6) is -0.342. The van der Waals surface area contributed by atoms with E-state index >= 15 is 0 Å². The van der Waals surface area contributed by atoms with Crippen molar-refractivity contribution in [2.24, 2.45) is 0 Å². The first-order valence-electron chi connectivity index (χ1n) is 8.28. The van der Waals surface area contributed by atoms with Crippen molar-refractivity contribution in [2.75, 3.05) is 7.11 Å². The molecule has 0 saturated heterocycles. The molecule has 0 spiro atoms. The Morgan fingerprint density at radius 1 is 0.880 bits per heavy atom. The number of rotatable bonds is 2. The number of phenolic OH excluding ortho intramolecular Hbond substituents is 1. The molecule has 25 heavy (non-hydrogen) atoms. The van der Waals surface area contributed by atoms with Gasteiger partial charge in [0.15, 0.2) is 0 Å². The van der Waals surface area contributed by atoms with Gasteiger partial charge in [0.1, 0.15) is 5.75 Å². The van der Waals surface area contributed by atoms with Crippen LogP contribution in [0, 0.1) is 27.7 Å². The Kier molecular flexibility index (Phi) is 4.25. The number of carbonyl (C=O) groups is 1. The predicted octanol–water partition coefficient (Wildman–Crippen LogP) is 5.23. The fourth-order valence-corrected chi connectivity index (χ4v) is 3.54. The van der Waals surface area contributed by atoms with Gasteiger partial charge in [0.05, 0.1) is 12.7 Å². The molecular formula is C22H22O3. The molecule has 0 heterocycles. The van der Waals surface area contributed by atoms with Crippen LogP contribution in [0.25, 0.3) is 21.9 Å². The fraction of sp³-hybridized carbons (Fsp3) is 0.227. The quantitative estimate of drug-likeness (QED) is 0.653. The molecule has 0 radical (unpaired) electrons. The number of hydrogen-bond acceptors (Lipinski definition) is 3. The van der Waals surface area contributed by atoms with Crippen molar-refractivity contribution in [3.63, 3.8) is 0 Å². The van der Waals surface area contributed by atoms with E-state index in [-0.39, 0.29) is 5.75 Å². The summed E-state index contributed by atoms with van der Waals surface area (Å²) >= 11 is 0. The van der Waals surface area contributed by atoms with Crippen LogP contribution in [0.3, 0.4) is 0 Å². The zero-order chi connectivity index (χ0) is 18.3. The predicted molar refractivity (Wildman–Crippen MR) is 101 cm³/mol. The molecule has 128 valence electrons. The van der Waals surface area contributed by atoms with Gasteiger partial charge in [-0.05, 0) is 67.0 Å². The maximum absolute atomic E-state index is 12.4. The average Bonchev–Trinajstić information content (AvgIpc) is 2.63. The van der Waals surface area contributed by atoms with E-state index in [2.05, 4.69) is 13.8 Å². The van der Waals surface area contributed by atoms with Gasteiger partial charge in [-0.25, -0.2) is 4.79 Å². The minimum Gasteiger partial charge on any atom is -0.507 e. The minimum atomic E-state index is -0.452. The van der Waals surface area contributed by atoms with E-state index in [1.807, 2.05) is 44.2 Å². The molecule has 0 aliphatic heterocycles. The Bertz CT molecular complexity index is 986. The molecule has 1 N–H and O–H groups in total. The monoisotopic (exact) mass is 334 g/mol. The summed E-state index contributed by atoms with van der Waals surface area (Å²) in [7, 11) is 1.36. The molecule has 0 aromatic heterocycles. The molecule has 3 nitrogen and oxygen atoms in total. The van der Waals surface area contributed by atoms with Gasteiger partial charge >= 0.3 is 5.97 Å². The Morgan fingerprint density at radius 2 is 1.44 bits per heavy atom. The van der Waals surface area contributed by atoms with Gasteiger partial charge in [0.2, 0.25) is 0 Å². The normalized spacial score (nSPS) is 10.9. The van der Waals surface area contributed by atoms with Crippen molar-refractivity contribution in [3.05, 3.63) is 64.2 Å². The lowest BCUT2D eigenvalue weighted by Crippen LogP contribution is -2.06. The first-order valence-corrected chi connectivity index (χ1v) is 8.28. The number of aromatic hydroxyl groups is 1. The number of hydrogen-bond donors (Lipinski definition) is 1. The zero-order valence-electron chi connectivity index (χ0n) is 15.2. The topological polar surface area (TPSA) is 46.5 Å². The number of carbonyl (C=O) groups excluding carboxylic acids is 1. The zero-order valence-corrected chi connectivity index (χ0v) is 15.2. The first-order chi connectivity index (χ1) is 11.9. The second-order valence-electron chi connectivity index (χ2n) is 6.43. The second-order valence-corrected chi connectivity index (χ2v) is 6.43. The molecule has 3 aromatic carbocycles. The van der Waals surface area contributed by atoms with Gasteiger partial charge < -0.3 is 9.84 Å². The lowest BCUT2D eigenvalue weighted by Gasteiger charge is -2.20. The van der Waals surface area contributed by atoms with Crippen LogP contribution >= 0.6 is 0 Å². The molecule has 0 unspecified atom stereocenters. The molecular weight excluding hydrogens is 312 g/mol. The maximum atomic E-state index is 12.4. The molecule has 0 saturated carbocycles. The number of methoxy groups -OCH3 is 1. The Labute approximate surface area is 147 Å². The van der Waals surface area contributed by atoms with Crippen LogP contribution in [0.15, 0.2) is 36.4 Å². The highest BCUT2D eigenvalue weighted by Gasteiger charge is 2.23. The SMILES string of the molecule is COC(=O)c1cc(O)c2c(C)c(C)c(C)c(C)c2c1-c1ccccc1. The number of ether oxygens (including phenoxy) is 1. The van der Waals surface area contributed by atoms with Gasteiger partial charge in [-0.15, -0.1) is 0 Å². The Hall–Kier alpha value is -2.81. The number of benzene rings is 3. The van der Waals surface area contributed by atoms with E-state index in [1.54, 1.807) is 0 Å². The Balaban J connectivity index is 2.61. The van der Waals surface area contributed by atoms with Gasteiger partial charge in [0.25, 0.3) is 0 Å². The van der Waals surface area contributed by atoms with Crippen molar-refractivity contribution in [2.45, 2.75) is 27.7 Å². The maximum Gasteiger partial charge on any atom is 0.338 e. The Morgan fingerprint density at radius 3 is 2.00 bits per heavy atom. The van der Waals surface area contributed by atoms with Gasteiger partial charge in [-0.1, -0.05) is 30.3 Å². The van der Waals surface area contributed by atoms with Crippen LogP contribution < -0.4 is 0 Å². The van der Waals surface area contributed by atoms with Gasteiger partial charge in [-0.3, -0.25) is 0 Å². The summed E-state index contributed by atoms with van der Waals surface area (Å²) in [5.41, 5.74) is 6.54. The smallest absolute Gasteiger partial charge is 0.338 e. The molecule has 3 heteroatoms. The molecule has 0 fully saturated rings. The lowest BCUT2D eigenvalue weighted by molar-refractivity contribution is 0.0601. The number of fused-ring (bicyclic) bond motifs is 1. The highest BCUT2D eigenvalue weighted by Crippen LogP contribution is 2.43. The number of phenols is 1. The third kappa shape index (κ3) is 2.56. The second kappa shape index (κ2) is 6.25. The van der Waals surface area contributed by atoms with Crippen LogP contribution in [0.5, 0.6) is 5.75 Å². The van der Waals surface area contributed by atoms with Crippen LogP contribution in [0.4, 0.5) is 0 Å². The highest BCUT2D eigenvalue weighted by molar-refractivity contribution is 6.12. The fourth-order valence-electron chi connectivity index (χ4n) is 3.54. The molecule has 3 rings (SSSR count). The molecule has 0 bridgehead atoms. The van der Waals surface area contributed by atoms with Crippen molar-refractivity contribution < 1.29 is 14.6 Å². The van der Waals surface area contributed by atoms with E-state index in [1.165, 1.54) is 18.7 Å². The van der Waals surface area contributed by atoms with E-state index in [4.69, 9.17) is 4.74 Å². The highest BCUT2D eigenvalue weighted by atomic mass is 16.5. The van der Waals surface area contributed by atoms with Crippen molar-refractivity contribution in [1.82, 2.24) is 0 Å². The third-order valence-corrected chi connectivity index (χ3v) is 5.21. The van der Waals surface area contributed by atoms with E-state index < -0.39 is 5.97 Å². The van der Waals surface area contributed by atoms with Crippen molar-refractivity contribution in [1.29, 1.82) is 0 Å². The van der Waals surface area contributed by atoms with Crippen molar-refractivity contribution in [3.8, 4) is 16.9 Å². The first kappa shape index (κ1) is 17.0. The number of aryl methyl sites for hydroxylation is 2. The van der Waals surface area contributed by atoms with E-state index in [0.717, 1.165) is 38.6 Å². The molecule has 0 aliphatic carbocycles. The largest absolute Gasteiger partial charge is 0.507 e. The number of esters is 1. The third-order valence-electron chi connectivity index (χ3n) is 5.21. The summed E-state index contributed by atoms with van der Waals surface area (Å²) < 4.78 is 4.98. The minimum absolute atomic E-state index is 0.110. The lowest BCUT2D eigenvalue weighted by atomic mass is 9.84. The standard InChI is InChI=1S/C22H22O3/c1-12-13(2)15(4)20-19(14(12)3)18(23)11-17(22(24)25-5)21(20)16-9-7-6-8-10-16/h6-11,23H,1-5H3. The van der Waals surface area contributed by atoms with E-state index in [0.29, 0.717) is 5.56 Å². The molecule has 0 amide bonds. The van der Waals surface area contributed by atoms with Crippen molar-refractivity contribution >= 4 is 16.7 Å². The van der Waals surface area contributed by atoms with Crippen LogP contribution in [-0.4, -0.2) is 18.2 Å². The van der Waals surface area contributed by atoms with Crippen LogP contribution in [0.2, 0.25) is 0 Å². The van der Waals surface area contributed by atoms with Gasteiger partial charge in [0, 0.05) is 10.9 Å².